The van der Waals surface area contributed by atoms with Crippen LogP contribution >= 0.6 is 11.8 Å². The zero-order chi connectivity index (χ0) is 13.1. The van der Waals surface area contributed by atoms with E-state index in [1.807, 2.05) is 7.05 Å². The minimum Gasteiger partial charge on any atom is -0.357 e. The minimum atomic E-state index is -0.896. The van der Waals surface area contributed by atoms with E-state index in [1.54, 1.807) is 23.0 Å². The minimum absolute atomic E-state index is 0.0367. The molecule has 1 aromatic heterocycles. The number of aromatic nitrogens is 1. The number of halogens is 2. The molecule has 2 aromatic rings. The number of carbonyl (C=O) groups is 1. The molecule has 0 aliphatic carbocycles. The quantitative estimate of drug-likeness (QED) is 0.626. The van der Waals surface area contributed by atoms with E-state index >= 15 is 0 Å². The zero-order valence-electron chi connectivity index (χ0n) is 9.69. The molecule has 1 aromatic carbocycles. The van der Waals surface area contributed by atoms with Gasteiger partial charge in [0.1, 0.15) is 0 Å². The Morgan fingerprint density at radius 3 is 2.67 bits per heavy atom. The van der Waals surface area contributed by atoms with Gasteiger partial charge < -0.3 is 4.57 Å². The molecule has 0 bridgehead atoms. The van der Waals surface area contributed by atoms with Crippen molar-refractivity contribution in [1.29, 1.82) is 0 Å². The van der Waals surface area contributed by atoms with Crippen LogP contribution in [0.25, 0.3) is 0 Å². The van der Waals surface area contributed by atoms with Gasteiger partial charge in [0, 0.05) is 29.9 Å². The van der Waals surface area contributed by atoms with Gasteiger partial charge in [-0.2, -0.15) is 0 Å². The SMILES string of the molecule is Cn1ccc(C(=O)CSc2ccc(F)c(F)c2)c1. The number of ketones is 1. The summed E-state index contributed by atoms with van der Waals surface area (Å²) in [5.74, 6) is -1.61. The highest BCUT2D eigenvalue weighted by Crippen LogP contribution is 2.21. The first kappa shape index (κ1) is 12.8. The summed E-state index contributed by atoms with van der Waals surface area (Å²) in [7, 11) is 1.83. The van der Waals surface area contributed by atoms with Crippen LogP contribution in [0, 0.1) is 11.6 Å². The fraction of sp³-hybridized carbons (Fsp3) is 0.154. The summed E-state index contributed by atoms with van der Waals surface area (Å²) in [6.45, 7) is 0. The second-order valence-corrected chi connectivity index (χ2v) is 4.90. The van der Waals surface area contributed by atoms with Crippen molar-refractivity contribution in [2.75, 3.05) is 5.75 Å². The van der Waals surface area contributed by atoms with Crippen molar-refractivity contribution in [3.63, 3.8) is 0 Å². The summed E-state index contributed by atoms with van der Waals surface area (Å²) >= 11 is 1.19. The lowest BCUT2D eigenvalue weighted by Gasteiger charge is -2.01. The van der Waals surface area contributed by atoms with Gasteiger partial charge >= 0.3 is 0 Å². The molecule has 0 N–H and O–H groups in total. The maximum Gasteiger partial charge on any atom is 0.174 e. The van der Waals surface area contributed by atoms with E-state index in [2.05, 4.69) is 0 Å². The van der Waals surface area contributed by atoms with Crippen LogP contribution in [-0.4, -0.2) is 16.1 Å². The van der Waals surface area contributed by atoms with Gasteiger partial charge in [0.05, 0.1) is 5.75 Å². The fourth-order valence-corrected chi connectivity index (χ4v) is 2.28. The van der Waals surface area contributed by atoms with Crippen molar-refractivity contribution in [3.8, 4) is 0 Å². The van der Waals surface area contributed by atoms with Gasteiger partial charge in [0.25, 0.3) is 0 Å². The monoisotopic (exact) mass is 267 g/mol. The van der Waals surface area contributed by atoms with E-state index in [-0.39, 0.29) is 11.5 Å². The maximum absolute atomic E-state index is 13.0. The highest BCUT2D eigenvalue weighted by atomic mass is 32.2. The van der Waals surface area contributed by atoms with Crippen molar-refractivity contribution in [3.05, 3.63) is 53.9 Å². The van der Waals surface area contributed by atoms with Crippen LogP contribution in [0.4, 0.5) is 8.78 Å². The lowest BCUT2D eigenvalue weighted by molar-refractivity contribution is 0.102. The predicted octanol–water partition coefficient (Wildman–Crippen LogP) is 3.28. The van der Waals surface area contributed by atoms with E-state index < -0.39 is 11.6 Å². The van der Waals surface area contributed by atoms with Crippen LogP contribution in [0.3, 0.4) is 0 Å². The van der Waals surface area contributed by atoms with Gasteiger partial charge in [-0.25, -0.2) is 8.78 Å². The summed E-state index contributed by atoms with van der Waals surface area (Å²) in [5.41, 5.74) is 0.618. The van der Waals surface area contributed by atoms with Gasteiger partial charge in [-0.15, -0.1) is 11.8 Å². The van der Waals surface area contributed by atoms with E-state index in [1.165, 1.54) is 17.8 Å². The first-order valence-electron chi connectivity index (χ1n) is 5.29. The summed E-state index contributed by atoms with van der Waals surface area (Å²) in [6.07, 6.45) is 3.52. The Hall–Kier alpha value is -1.62. The summed E-state index contributed by atoms with van der Waals surface area (Å²) in [4.78, 5) is 12.3. The number of carbonyl (C=O) groups excluding carboxylic acids is 1. The van der Waals surface area contributed by atoms with Crippen molar-refractivity contribution in [1.82, 2.24) is 4.57 Å². The highest BCUT2D eigenvalue weighted by molar-refractivity contribution is 8.00. The van der Waals surface area contributed by atoms with Crippen molar-refractivity contribution in [2.45, 2.75) is 4.90 Å². The van der Waals surface area contributed by atoms with E-state index in [0.717, 1.165) is 12.1 Å². The van der Waals surface area contributed by atoms with Gasteiger partial charge in [-0.3, -0.25) is 4.79 Å². The van der Waals surface area contributed by atoms with Gasteiger partial charge in [-0.05, 0) is 24.3 Å². The Morgan fingerprint density at radius 2 is 2.06 bits per heavy atom. The van der Waals surface area contributed by atoms with Crippen LogP contribution in [0.2, 0.25) is 0 Å². The van der Waals surface area contributed by atoms with Crippen molar-refractivity contribution >= 4 is 17.5 Å². The average Bonchev–Trinajstić information content (AvgIpc) is 2.77. The molecule has 0 fully saturated rings. The first-order chi connectivity index (χ1) is 8.56. The zero-order valence-corrected chi connectivity index (χ0v) is 10.5. The third-order valence-electron chi connectivity index (χ3n) is 2.41. The van der Waals surface area contributed by atoms with Gasteiger partial charge in [0.15, 0.2) is 17.4 Å². The standard InChI is InChI=1S/C13H11F2NOS/c1-16-5-4-9(7-16)13(17)8-18-10-2-3-11(14)12(15)6-10/h2-7H,8H2,1H3. The van der Waals surface area contributed by atoms with E-state index in [0.29, 0.717) is 10.5 Å². The lowest BCUT2D eigenvalue weighted by atomic mass is 10.2. The summed E-state index contributed by atoms with van der Waals surface area (Å²) < 4.78 is 27.5. The molecular formula is C13H11F2NOS. The number of aryl methyl sites for hydroxylation is 1. The first-order valence-corrected chi connectivity index (χ1v) is 6.28. The summed E-state index contributed by atoms with van der Waals surface area (Å²) in [5, 5.41) is 0. The largest absolute Gasteiger partial charge is 0.357 e. The summed E-state index contributed by atoms with van der Waals surface area (Å²) in [6, 6.07) is 5.35. The third-order valence-corrected chi connectivity index (χ3v) is 3.41. The maximum atomic E-state index is 13.0. The fourth-order valence-electron chi connectivity index (χ4n) is 1.47. The third kappa shape index (κ3) is 2.98. The van der Waals surface area contributed by atoms with E-state index in [9.17, 15) is 13.6 Å². The number of hydrogen-bond donors (Lipinski definition) is 0. The molecule has 0 atom stereocenters. The molecule has 0 amide bonds. The number of rotatable bonds is 4. The van der Waals surface area contributed by atoms with Gasteiger partial charge in [0.2, 0.25) is 0 Å². The number of benzene rings is 1. The molecule has 94 valence electrons. The molecule has 1 heterocycles. The molecule has 0 spiro atoms. The van der Waals surface area contributed by atoms with Crippen LogP contribution < -0.4 is 0 Å². The Labute approximate surface area is 108 Å². The van der Waals surface area contributed by atoms with Crippen LogP contribution in [0.1, 0.15) is 10.4 Å². The van der Waals surface area contributed by atoms with Crippen molar-refractivity contribution in [2.24, 2.45) is 7.05 Å². The molecule has 0 aliphatic rings. The lowest BCUT2D eigenvalue weighted by Crippen LogP contribution is -2.01. The average molecular weight is 267 g/mol. The highest BCUT2D eigenvalue weighted by Gasteiger charge is 2.09. The molecular weight excluding hydrogens is 256 g/mol. The molecule has 0 saturated carbocycles. The molecule has 18 heavy (non-hydrogen) atoms. The van der Waals surface area contributed by atoms with E-state index in [4.69, 9.17) is 0 Å². The molecule has 2 nitrogen and oxygen atoms in total. The van der Waals surface area contributed by atoms with Crippen LogP contribution in [0.5, 0.6) is 0 Å². The molecule has 5 heteroatoms. The number of hydrogen-bond acceptors (Lipinski definition) is 2. The second kappa shape index (κ2) is 5.35. The Bertz CT molecular complexity index is 580. The molecule has 0 radical (unpaired) electrons. The normalized spacial score (nSPS) is 10.6. The molecule has 2 rings (SSSR count). The van der Waals surface area contributed by atoms with Crippen LogP contribution in [0.15, 0.2) is 41.6 Å². The molecule has 0 aliphatic heterocycles. The molecule has 0 unspecified atom stereocenters. The number of nitrogens with zero attached hydrogens (tertiary/aromatic N) is 1. The van der Waals surface area contributed by atoms with Gasteiger partial charge in [-0.1, -0.05) is 0 Å². The second-order valence-electron chi connectivity index (χ2n) is 3.85. The Kier molecular flexibility index (Phi) is 3.81. The smallest absolute Gasteiger partial charge is 0.174 e. The number of thioether (sulfide) groups is 1. The Balaban J connectivity index is 1.99. The molecule has 0 saturated heterocycles. The number of Topliss-reactive ketones (excluding diaryl/α,β-unsaturated/α-hetero) is 1. The van der Waals surface area contributed by atoms with Crippen molar-refractivity contribution < 1.29 is 13.6 Å². The topological polar surface area (TPSA) is 22.0 Å². The Morgan fingerprint density at radius 1 is 1.28 bits per heavy atom. The predicted molar refractivity (Wildman–Crippen MR) is 66.8 cm³/mol. The van der Waals surface area contributed by atoms with Crippen LogP contribution in [-0.2, 0) is 7.05 Å².